The predicted octanol–water partition coefficient (Wildman–Crippen LogP) is 1.72. The summed E-state index contributed by atoms with van der Waals surface area (Å²) in [6.07, 6.45) is 0. The van der Waals surface area contributed by atoms with Gasteiger partial charge in [0.25, 0.3) is 5.56 Å². The van der Waals surface area contributed by atoms with Gasteiger partial charge in [0.2, 0.25) is 0 Å². The maximum absolute atomic E-state index is 12.1. The molecule has 2 heterocycles. The summed E-state index contributed by atoms with van der Waals surface area (Å²) in [6, 6.07) is 0. The Balaban J connectivity index is 2.79. The molecule has 2 aromatic rings. The second-order valence-corrected chi connectivity index (χ2v) is 5.24. The number of fused-ring (bicyclic) bond motifs is 1. The first-order valence-electron chi connectivity index (χ1n) is 5.21. The number of H-pyrrole nitrogens is 1. The van der Waals surface area contributed by atoms with Crippen LogP contribution in [-0.4, -0.2) is 9.55 Å². The van der Waals surface area contributed by atoms with Crippen LogP contribution in [0.4, 0.5) is 0 Å². The topological polar surface area (TPSA) is 54.9 Å². The molecule has 0 atom stereocenters. The molecule has 0 aliphatic heterocycles. The highest BCUT2D eigenvalue weighted by Gasteiger charge is 2.11. The first-order valence-corrected chi connectivity index (χ1v) is 6.09. The smallest absolute Gasteiger partial charge is 0.298 e. The van der Waals surface area contributed by atoms with Crippen molar-refractivity contribution < 1.29 is 0 Å². The molecule has 4 nitrogen and oxygen atoms in total. The lowest BCUT2D eigenvalue weighted by molar-refractivity contribution is 0.496. The fourth-order valence-corrected chi connectivity index (χ4v) is 2.65. The molecule has 0 aromatic carbocycles. The molecule has 0 saturated carbocycles. The van der Waals surface area contributed by atoms with Gasteiger partial charge in [-0.05, 0) is 23.8 Å². The molecule has 5 heteroatoms. The molecule has 2 aromatic heterocycles. The van der Waals surface area contributed by atoms with Crippen molar-refractivity contribution in [3.63, 3.8) is 0 Å². The minimum absolute atomic E-state index is 0.175. The van der Waals surface area contributed by atoms with Gasteiger partial charge in [-0.2, -0.15) is 0 Å². The minimum atomic E-state index is -0.312. The summed E-state index contributed by atoms with van der Waals surface area (Å²) in [4.78, 5) is 27.3. The van der Waals surface area contributed by atoms with Gasteiger partial charge < -0.3 is 0 Å². The van der Waals surface area contributed by atoms with Crippen molar-refractivity contribution in [2.75, 3.05) is 0 Å². The van der Waals surface area contributed by atoms with E-state index >= 15 is 0 Å². The van der Waals surface area contributed by atoms with Crippen LogP contribution in [0, 0.1) is 12.8 Å². The molecule has 16 heavy (non-hydrogen) atoms. The average molecular weight is 238 g/mol. The number of nitrogens with zero attached hydrogens (tertiary/aromatic N) is 1. The third-order valence-electron chi connectivity index (χ3n) is 2.45. The van der Waals surface area contributed by atoms with E-state index in [9.17, 15) is 9.59 Å². The van der Waals surface area contributed by atoms with Gasteiger partial charge in [-0.15, -0.1) is 11.3 Å². The highest BCUT2D eigenvalue weighted by Crippen LogP contribution is 2.18. The third-order valence-corrected chi connectivity index (χ3v) is 3.46. The number of thiophene rings is 1. The zero-order valence-corrected chi connectivity index (χ0v) is 10.4. The molecule has 2 rings (SSSR count). The van der Waals surface area contributed by atoms with E-state index in [4.69, 9.17) is 0 Å². The van der Waals surface area contributed by atoms with Crippen LogP contribution in [0.1, 0.15) is 19.4 Å². The van der Waals surface area contributed by atoms with Crippen molar-refractivity contribution >= 4 is 21.6 Å². The maximum atomic E-state index is 12.1. The predicted molar refractivity (Wildman–Crippen MR) is 66.3 cm³/mol. The van der Waals surface area contributed by atoms with E-state index < -0.39 is 0 Å². The molecular formula is C11H14N2O2S. The standard InChI is InChI=1S/C11H14N2O2S/c1-6(2)4-13-10(14)8-7(3)5-16-9(8)12-11(13)15/h5-6H,4H2,1-3H3,(H,12,15). The Bertz CT molecular complexity index is 633. The van der Waals surface area contributed by atoms with E-state index in [0.717, 1.165) is 5.56 Å². The largest absolute Gasteiger partial charge is 0.329 e. The van der Waals surface area contributed by atoms with Crippen molar-refractivity contribution in [1.29, 1.82) is 0 Å². The molecular weight excluding hydrogens is 224 g/mol. The molecule has 0 unspecified atom stereocenters. The van der Waals surface area contributed by atoms with Crippen LogP contribution in [0.15, 0.2) is 15.0 Å². The molecule has 0 spiro atoms. The Labute approximate surface area is 96.6 Å². The van der Waals surface area contributed by atoms with Gasteiger partial charge in [-0.1, -0.05) is 13.8 Å². The highest BCUT2D eigenvalue weighted by molar-refractivity contribution is 7.16. The zero-order chi connectivity index (χ0) is 11.9. The van der Waals surface area contributed by atoms with Gasteiger partial charge in [-0.3, -0.25) is 14.3 Å². The van der Waals surface area contributed by atoms with Crippen molar-refractivity contribution in [3.8, 4) is 0 Å². The summed E-state index contributed by atoms with van der Waals surface area (Å²) in [7, 11) is 0. The van der Waals surface area contributed by atoms with Gasteiger partial charge in [0.05, 0.1) is 5.39 Å². The van der Waals surface area contributed by atoms with Crippen LogP contribution in [0.2, 0.25) is 0 Å². The minimum Gasteiger partial charge on any atom is -0.298 e. The number of aromatic nitrogens is 2. The van der Waals surface area contributed by atoms with Gasteiger partial charge in [-0.25, -0.2) is 4.79 Å². The van der Waals surface area contributed by atoms with E-state index in [-0.39, 0.29) is 17.2 Å². The molecule has 0 bridgehead atoms. The summed E-state index contributed by atoms with van der Waals surface area (Å²) >= 11 is 1.40. The summed E-state index contributed by atoms with van der Waals surface area (Å²) in [5.74, 6) is 0.273. The second kappa shape index (κ2) is 3.90. The quantitative estimate of drug-likeness (QED) is 0.866. The molecule has 0 radical (unpaired) electrons. The number of hydrogen-bond acceptors (Lipinski definition) is 3. The van der Waals surface area contributed by atoms with E-state index in [1.165, 1.54) is 15.9 Å². The summed E-state index contributed by atoms with van der Waals surface area (Å²) in [5.41, 5.74) is 0.443. The molecule has 86 valence electrons. The lowest BCUT2D eigenvalue weighted by Gasteiger charge is -2.07. The Morgan fingerprint density at radius 1 is 1.44 bits per heavy atom. The fraction of sp³-hybridized carbons (Fsp3) is 0.455. The highest BCUT2D eigenvalue weighted by atomic mass is 32.1. The Kier molecular flexibility index (Phi) is 2.71. The first kappa shape index (κ1) is 11.1. The van der Waals surface area contributed by atoms with Gasteiger partial charge in [0, 0.05) is 6.54 Å². The zero-order valence-electron chi connectivity index (χ0n) is 9.53. The number of aryl methyl sites for hydroxylation is 1. The van der Waals surface area contributed by atoms with E-state index in [1.54, 1.807) is 0 Å². The molecule has 0 aliphatic carbocycles. The van der Waals surface area contributed by atoms with Crippen molar-refractivity contribution in [1.82, 2.24) is 9.55 Å². The van der Waals surface area contributed by atoms with Gasteiger partial charge in [0.15, 0.2) is 0 Å². The molecule has 1 N–H and O–H groups in total. The summed E-state index contributed by atoms with van der Waals surface area (Å²) < 4.78 is 1.28. The second-order valence-electron chi connectivity index (χ2n) is 4.36. The van der Waals surface area contributed by atoms with Crippen LogP contribution in [0.5, 0.6) is 0 Å². The number of aromatic amines is 1. The van der Waals surface area contributed by atoms with Crippen LogP contribution < -0.4 is 11.2 Å². The van der Waals surface area contributed by atoms with Crippen LogP contribution in [0.3, 0.4) is 0 Å². The Morgan fingerprint density at radius 3 is 2.75 bits per heavy atom. The average Bonchev–Trinajstić information content (AvgIpc) is 2.54. The SMILES string of the molecule is Cc1csc2[nH]c(=O)n(CC(C)C)c(=O)c12. The lowest BCUT2D eigenvalue weighted by atomic mass is 10.2. The number of rotatable bonds is 2. The van der Waals surface area contributed by atoms with Crippen LogP contribution in [-0.2, 0) is 6.54 Å². The Hall–Kier alpha value is -1.36. The molecule has 0 amide bonds. The Morgan fingerprint density at radius 2 is 2.12 bits per heavy atom. The molecule has 0 saturated heterocycles. The maximum Gasteiger partial charge on any atom is 0.329 e. The van der Waals surface area contributed by atoms with Crippen LogP contribution in [0.25, 0.3) is 10.2 Å². The van der Waals surface area contributed by atoms with Gasteiger partial charge >= 0.3 is 5.69 Å². The monoisotopic (exact) mass is 238 g/mol. The van der Waals surface area contributed by atoms with Gasteiger partial charge in [0.1, 0.15) is 4.83 Å². The van der Waals surface area contributed by atoms with E-state index in [1.807, 2.05) is 26.2 Å². The van der Waals surface area contributed by atoms with E-state index in [0.29, 0.717) is 16.8 Å². The third kappa shape index (κ3) is 1.71. The number of nitrogens with one attached hydrogen (secondary N) is 1. The fourth-order valence-electron chi connectivity index (χ4n) is 1.72. The van der Waals surface area contributed by atoms with Crippen molar-refractivity contribution in [2.24, 2.45) is 5.92 Å². The normalized spacial score (nSPS) is 11.5. The van der Waals surface area contributed by atoms with Crippen molar-refractivity contribution in [2.45, 2.75) is 27.3 Å². The van der Waals surface area contributed by atoms with Crippen LogP contribution >= 0.6 is 11.3 Å². The number of hydrogen-bond donors (Lipinski definition) is 1. The first-order chi connectivity index (χ1) is 7.50. The summed E-state index contributed by atoms with van der Waals surface area (Å²) in [6.45, 7) is 6.31. The lowest BCUT2D eigenvalue weighted by Crippen LogP contribution is -2.36. The molecule has 0 aliphatic rings. The van der Waals surface area contributed by atoms with E-state index in [2.05, 4.69) is 4.98 Å². The summed E-state index contributed by atoms with van der Waals surface area (Å²) in [5, 5.41) is 2.53. The van der Waals surface area contributed by atoms with Crippen molar-refractivity contribution in [3.05, 3.63) is 31.8 Å². The molecule has 0 fully saturated rings.